The van der Waals surface area contributed by atoms with Crippen LogP contribution < -0.4 is 0 Å². The maximum Gasteiger partial charge on any atom is 0.254 e. The Hall–Kier alpha value is -2.92. The van der Waals surface area contributed by atoms with Gasteiger partial charge in [0.1, 0.15) is 6.54 Å². The summed E-state index contributed by atoms with van der Waals surface area (Å²) in [6.45, 7) is 7.68. The second-order valence-electron chi connectivity index (χ2n) is 9.42. The van der Waals surface area contributed by atoms with E-state index in [0.29, 0.717) is 18.7 Å². The van der Waals surface area contributed by atoms with E-state index in [4.69, 9.17) is 0 Å². The van der Waals surface area contributed by atoms with Crippen LogP contribution in [0, 0.1) is 6.92 Å². The molecule has 1 unspecified atom stereocenters. The second-order valence-corrected chi connectivity index (χ2v) is 10.4. The van der Waals surface area contributed by atoms with Gasteiger partial charge in [0.05, 0.1) is 6.04 Å². The summed E-state index contributed by atoms with van der Waals surface area (Å²) in [5.74, 6) is -0.0561. The van der Waals surface area contributed by atoms with Crippen LogP contribution in [0.2, 0.25) is 0 Å². The lowest BCUT2D eigenvalue weighted by Crippen LogP contribution is -2.47. The maximum absolute atomic E-state index is 13.8. The zero-order chi connectivity index (χ0) is 24.8. The van der Waals surface area contributed by atoms with Crippen LogP contribution in [0.4, 0.5) is 0 Å². The largest absolute Gasteiger partial charge is 0.330 e. The first-order valence-corrected chi connectivity index (χ1v) is 13.7. The zero-order valence-electron chi connectivity index (χ0n) is 21.1. The van der Waals surface area contributed by atoms with E-state index in [-0.39, 0.29) is 24.4 Å². The van der Waals surface area contributed by atoms with Crippen molar-refractivity contribution in [3.8, 4) is 0 Å². The highest BCUT2D eigenvalue weighted by Gasteiger charge is 2.34. The lowest BCUT2D eigenvalue weighted by atomic mass is 9.90. The first-order valence-electron chi connectivity index (χ1n) is 12.8. The molecule has 2 heterocycles. The van der Waals surface area contributed by atoms with Gasteiger partial charge in [0, 0.05) is 23.5 Å². The van der Waals surface area contributed by atoms with E-state index in [1.165, 1.54) is 21.6 Å². The normalized spacial score (nSPS) is 15.1. The number of carbonyl (C=O) groups excluding carboxylic acids is 2. The predicted octanol–water partition coefficient (Wildman–Crippen LogP) is 6.43. The van der Waals surface area contributed by atoms with Gasteiger partial charge in [-0.05, 0) is 78.4 Å². The van der Waals surface area contributed by atoms with E-state index < -0.39 is 0 Å². The summed E-state index contributed by atoms with van der Waals surface area (Å²) in [5, 5.41) is 2.13. The molecule has 1 aromatic heterocycles. The third kappa shape index (κ3) is 5.67. The van der Waals surface area contributed by atoms with E-state index >= 15 is 0 Å². The Bertz CT molecular complexity index is 1150. The number of carbonyl (C=O) groups is 2. The molecular weight excluding hydrogens is 452 g/mol. The van der Waals surface area contributed by atoms with Gasteiger partial charge in [-0.1, -0.05) is 56.7 Å². The molecule has 0 saturated heterocycles. The number of amides is 2. The number of fused-ring (bicyclic) bond motifs is 1. The average molecular weight is 489 g/mol. The van der Waals surface area contributed by atoms with Gasteiger partial charge >= 0.3 is 0 Å². The highest BCUT2D eigenvalue weighted by Crippen LogP contribution is 2.39. The summed E-state index contributed by atoms with van der Waals surface area (Å²) in [4.78, 5) is 32.2. The van der Waals surface area contributed by atoms with Gasteiger partial charge in [-0.25, -0.2) is 0 Å². The molecule has 0 N–H and O–H groups in total. The van der Waals surface area contributed by atoms with Crippen LogP contribution >= 0.6 is 11.3 Å². The van der Waals surface area contributed by atoms with Crippen molar-refractivity contribution >= 4 is 23.2 Å². The number of hydrogen-bond donors (Lipinski definition) is 0. The zero-order valence-corrected chi connectivity index (χ0v) is 21.9. The number of unbranched alkanes of at least 4 members (excludes halogenated alkanes) is 1. The summed E-state index contributed by atoms with van der Waals surface area (Å²) >= 11 is 1.77. The van der Waals surface area contributed by atoms with Crippen LogP contribution in [0.15, 0.2) is 60.0 Å². The van der Waals surface area contributed by atoms with Crippen molar-refractivity contribution in [2.75, 3.05) is 19.6 Å². The molecule has 0 spiro atoms. The topological polar surface area (TPSA) is 40.6 Å². The number of nitrogens with zero attached hydrogens (tertiary/aromatic N) is 2. The highest BCUT2D eigenvalue weighted by atomic mass is 32.1. The number of hydrogen-bond acceptors (Lipinski definition) is 3. The van der Waals surface area contributed by atoms with Crippen molar-refractivity contribution < 1.29 is 9.59 Å². The highest BCUT2D eigenvalue weighted by molar-refractivity contribution is 7.10. The van der Waals surface area contributed by atoms with Crippen molar-refractivity contribution in [3.63, 3.8) is 0 Å². The number of rotatable bonds is 9. The summed E-state index contributed by atoms with van der Waals surface area (Å²) in [7, 11) is 0. The molecule has 1 aliphatic rings. The molecule has 1 aliphatic heterocycles. The summed E-state index contributed by atoms with van der Waals surface area (Å²) in [6, 6.07) is 18.3. The molecule has 0 fully saturated rings. The fourth-order valence-electron chi connectivity index (χ4n) is 4.97. The minimum atomic E-state index is -0.102. The third-order valence-corrected chi connectivity index (χ3v) is 7.89. The van der Waals surface area contributed by atoms with Crippen molar-refractivity contribution in [1.82, 2.24) is 9.80 Å². The van der Waals surface area contributed by atoms with Gasteiger partial charge in [0.25, 0.3) is 5.91 Å². The molecule has 0 aliphatic carbocycles. The third-order valence-electron chi connectivity index (χ3n) is 6.90. The van der Waals surface area contributed by atoms with Crippen molar-refractivity contribution in [1.29, 1.82) is 0 Å². The lowest BCUT2D eigenvalue weighted by molar-refractivity contribution is -0.134. The van der Waals surface area contributed by atoms with Crippen LogP contribution in [0.1, 0.15) is 76.6 Å². The molecule has 2 aromatic carbocycles. The second kappa shape index (κ2) is 11.7. The average Bonchev–Trinajstić information content (AvgIpc) is 3.36. The van der Waals surface area contributed by atoms with Gasteiger partial charge in [-0.3, -0.25) is 9.59 Å². The Morgan fingerprint density at radius 3 is 2.49 bits per heavy atom. The molecule has 5 heteroatoms. The van der Waals surface area contributed by atoms with E-state index in [2.05, 4.69) is 37.4 Å². The lowest BCUT2D eigenvalue weighted by Gasteiger charge is -2.38. The Labute approximate surface area is 213 Å². The van der Waals surface area contributed by atoms with Gasteiger partial charge in [0.15, 0.2) is 0 Å². The van der Waals surface area contributed by atoms with E-state index in [9.17, 15) is 9.59 Å². The maximum atomic E-state index is 13.8. The smallest absolute Gasteiger partial charge is 0.254 e. The quantitative estimate of drug-likeness (QED) is 0.348. The van der Waals surface area contributed by atoms with Crippen molar-refractivity contribution in [3.05, 3.63) is 92.7 Å². The van der Waals surface area contributed by atoms with Gasteiger partial charge in [-0.2, -0.15) is 0 Å². The van der Waals surface area contributed by atoms with Crippen LogP contribution in [-0.4, -0.2) is 41.2 Å². The molecule has 0 radical (unpaired) electrons. The SMILES string of the molecule is CCCCc1ccc(C(=O)N(CCC)CC(=O)N2CCc3sccc3C2c2ccccc2C)cc1. The number of benzene rings is 2. The fraction of sp³-hybridized carbons (Fsp3) is 0.400. The van der Waals surface area contributed by atoms with Gasteiger partial charge in [0.2, 0.25) is 5.91 Å². The molecule has 4 rings (SSSR count). The molecule has 2 amide bonds. The molecule has 4 nitrogen and oxygen atoms in total. The number of aryl methyl sites for hydroxylation is 2. The van der Waals surface area contributed by atoms with E-state index in [0.717, 1.165) is 37.7 Å². The fourth-order valence-corrected chi connectivity index (χ4v) is 5.87. The minimum Gasteiger partial charge on any atom is -0.330 e. The molecule has 1 atom stereocenters. The molecule has 35 heavy (non-hydrogen) atoms. The Morgan fingerprint density at radius 1 is 1.00 bits per heavy atom. The van der Waals surface area contributed by atoms with Gasteiger partial charge < -0.3 is 9.80 Å². The first kappa shape index (κ1) is 25.2. The first-order chi connectivity index (χ1) is 17.0. The van der Waals surface area contributed by atoms with Crippen LogP contribution in [0.3, 0.4) is 0 Å². The predicted molar refractivity (Wildman–Crippen MR) is 144 cm³/mol. The standard InChI is InChI=1S/C30H36N2O2S/c1-4-6-10-23-12-14-24(15-13-23)30(34)31(18-5-2)21-28(33)32-19-16-27-26(17-20-35-27)29(32)25-11-8-7-9-22(25)3/h7-9,11-15,17,20,29H,4-6,10,16,18-19,21H2,1-3H3. The van der Waals surface area contributed by atoms with Crippen LogP contribution in [0.25, 0.3) is 0 Å². The Kier molecular flexibility index (Phi) is 8.40. The monoisotopic (exact) mass is 488 g/mol. The minimum absolute atomic E-state index is 0.0106. The summed E-state index contributed by atoms with van der Waals surface area (Å²) < 4.78 is 0. The summed E-state index contributed by atoms with van der Waals surface area (Å²) in [6.07, 6.45) is 5.00. The molecule has 3 aromatic rings. The molecule has 0 saturated carbocycles. The Balaban J connectivity index is 1.56. The Morgan fingerprint density at radius 2 is 1.77 bits per heavy atom. The molecule has 184 valence electrons. The summed E-state index contributed by atoms with van der Waals surface area (Å²) in [5.41, 5.74) is 5.47. The van der Waals surface area contributed by atoms with Crippen LogP contribution in [0.5, 0.6) is 0 Å². The van der Waals surface area contributed by atoms with Gasteiger partial charge in [-0.15, -0.1) is 11.3 Å². The molecular formula is C30H36N2O2S. The van der Waals surface area contributed by atoms with E-state index in [1.807, 2.05) is 48.2 Å². The van der Waals surface area contributed by atoms with E-state index in [1.54, 1.807) is 16.2 Å². The molecule has 0 bridgehead atoms. The van der Waals surface area contributed by atoms with Crippen molar-refractivity contribution in [2.24, 2.45) is 0 Å². The van der Waals surface area contributed by atoms with Crippen molar-refractivity contribution in [2.45, 2.75) is 58.9 Å². The van der Waals surface area contributed by atoms with Crippen LogP contribution in [-0.2, 0) is 17.6 Å². The number of thiophene rings is 1.